The number of nitrogens with zero attached hydrogens (tertiary/aromatic N) is 1. The van der Waals surface area contributed by atoms with Crippen LogP contribution in [0.4, 0.5) is 4.39 Å². The molecule has 1 heterocycles. The van der Waals surface area contributed by atoms with Crippen molar-refractivity contribution in [3.63, 3.8) is 0 Å². The summed E-state index contributed by atoms with van der Waals surface area (Å²) in [6, 6.07) is 13.5. The zero-order valence-corrected chi connectivity index (χ0v) is 14.5. The molecule has 1 amide bonds. The predicted molar refractivity (Wildman–Crippen MR) is 94.0 cm³/mol. The minimum Gasteiger partial charge on any atom is -0.345 e. The minimum atomic E-state index is -0.326. The van der Waals surface area contributed by atoms with Crippen LogP contribution in [0.1, 0.15) is 28.9 Å². The first kappa shape index (κ1) is 16.4. The van der Waals surface area contributed by atoms with E-state index < -0.39 is 0 Å². The summed E-state index contributed by atoms with van der Waals surface area (Å²) in [5.41, 5.74) is 2.69. The molecule has 1 unspecified atom stereocenters. The summed E-state index contributed by atoms with van der Waals surface area (Å²) < 4.78 is 14.1. The number of amides is 1. The smallest absolute Gasteiger partial charge is 0.255 e. The van der Waals surface area contributed by atoms with Gasteiger partial charge in [0.15, 0.2) is 0 Å². The maximum Gasteiger partial charge on any atom is 0.255 e. The van der Waals surface area contributed by atoms with Gasteiger partial charge in [0, 0.05) is 10.0 Å². The Bertz CT molecular complexity index is 843. The van der Waals surface area contributed by atoms with E-state index in [4.69, 9.17) is 0 Å². The third-order valence-corrected chi connectivity index (χ3v) is 4.26. The van der Waals surface area contributed by atoms with Crippen molar-refractivity contribution in [2.45, 2.75) is 13.0 Å². The fourth-order valence-electron chi connectivity index (χ4n) is 2.40. The van der Waals surface area contributed by atoms with Crippen molar-refractivity contribution in [1.82, 2.24) is 15.5 Å². The lowest BCUT2D eigenvalue weighted by Gasteiger charge is -2.14. The molecule has 0 aliphatic carbocycles. The van der Waals surface area contributed by atoms with Crippen LogP contribution in [-0.2, 0) is 0 Å². The zero-order valence-electron chi connectivity index (χ0n) is 12.9. The number of H-pyrrole nitrogens is 1. The molecule has 0 bridgehead atoms. The SMILES string of the molecule is CC(NC(=O)c1cn[nH]c1-c1ccc(F)cc1)c1ccc(Br)cc1. The summed E-state index contributed by atoms with van der Waals surface area (Å²) in [6.45, 7) is 1.92. The normalized spacial score (nSPS) is 12.0. The Hall–Kier alpha value is -2.47. The maximum absolute atomic E-state index is 13.1. The van der Waals surface area contributed by atoms with E-state index in [1.165, 1.54) is 18.3 Å². The summed E-state index contributed by atoms with van der Waals surface area (Å²) in [5.74, 6) is -0.563. The second kappa shape index (κ2) is 6.97. The lowest BCUT2D eigenvalue weighted by Crippen LogP contribution is -2.26. The van der Waals surface area contributed by atoms with Crippen molar-refractivity contribution in [3.8, 4) is 11.3 Å². The fraction of sp³-hybridized carbons (Fsp3) is 0.111. The van der Waals surface area contributed by atoms with Crippen LogP contribution in [0.25, 0.3) is 11.3 Å². The van der Waals surface area contributed by atoms with Crippen molar-refractivity contribution in [2.75, 3.05) is 0 Å². The number of hydrogen-bond donors (Lipinski definition) is 2. The Morgan fingerprint density at radius 3 is 2.50 bits per heavy atom. The molecule has 3 rings (SSSR count). The zero-order chi connectivity index (χ0) is 17.1. The molecule has 1 atom stereocenters. The second-order valence-electron chi connectivity index (χ2n) is 5.41. The minimum absolute atomic E-state index is 0.151. The van der Waals surface area contributed by atoms with Crippen LogP contribution in [0, 0.1) is 5.82 Å². The van der Waals surface area contributed by atoms with Crippen LogP contribution in [0.15, 0.2) is 59.2 Å². The molecule has 122 valence electrons. The number of hydrogen-bond acceptors (Lipinski definition) is 2. The number of aromatic amines is 1. The van der Waals surface area contributed by atoms with Gasteiger partial charge in [0.1, 0.15) is 5.82 Å². The van der Waals surface area contributed by atoms with Gasteiger partial charge in [-0.25, -0.2) is 4.39 Å². The third-order valence-electron chi connectivity index (χ3n) is 3.73. The summed E-state index contributed by atoms with van der Waals surface area (Å²) in [6.07, 6.45) is 1.47. The van der Waals surface area contributed by atoms with Crippen LogP contribution >= 0.6 is 15.9 Å². The standard InChI is InChI=1S/C18H15BrFN3O/c1-11(12-2-6-14(19)7-3-12)22-18(24)16-10-21-23-17(16)13-4-8-15(20)9-5-13/h2-11H,1H3,(H,21,23)(H,22,24). The van der Waals surface area contributed by atoms with E-state index in [9.17, 15) is 9.18 Å². The Morgan fingerprint density at radius 1 is 1.17 bits per heavy atom. The number of carbonyl (C=O) groups excluding carboxylic acids is 1. The molecule has 0 saturated heterocycles. The van der Waals surface area contributed by atoms with Gasteiger partial charge in [-0.05, 0) is 48.9 Å². The Morgan fingerprint density at radius 2 is 1.83 bits per heavy atom. The highest BCUT2D eigenvalue weighted by atomic mass is 79.9. The van der Waals surface area contributed by atoms with Crippen LogP contribution in [0.3, 0.4) is 0 Å². The third kappa shape index (κ3) is 3.54. The van der Waals surface area contributed by atoms with Crippen LogP contribution in [-0.4, -0.2) is 16.1 Å². The molecule has 0 saturated carbocycles. The van der Waals surface area contributed by atoms with Gasteiger partial charge in [0.05, 0.1) is 23.5 Å². The molecule has 0 fully saturated rings. The highest BCUT2D eigenvalue weighted by Crippen LogP contribution is 2.23. The van der Waals surface area contributed by atoms with Crippen LogP contribution in [0.2, 0.25) is 0 Å². The molecular weight excluding hydrogens is 373 g/mol. The molecular formula is C18H15BrFN3O. The molecule has 4 nitrogen and oxygen atoms in total. The second-order valence-corrected chi connectivity index (χ2v) is 6.33. The molecule has 3 aromatic rings. The van der Waals surface area contributed by atoms with Crippen molar-refractivity contribution >= 4 is 21.8 Å². The summed E-state index contributed by atoms with van der Waals surface area (Å²) >= 11 is 3.39. The number of benzene rings is 2. The largest absolute Gasteiger partial charge is 0.345 e. The lowest BCUT2D eigenvalue weighted by atomic mass is 10.1. The van der Waals surface area contributed by atoms with Crippen molar-refractivity contribution in [2.24, 2.45) is 0 Å². The van der Waals surface area contributed by atoms with E-state index in [0.29, 0.717) is 16.8 Å². The number of rotatable bonds is 4. The van der Waals surface area contributed by atoms with Gasteiger partial charge < -0.3 is 5.32 Å². The first-order valence-corrected chi connectivity index (χ1v) is 8.19. The fourth-order valence-corrected chi connectivity index (χ4v) is 2.67. The Kier molecular flexibility index (Phi) is 4.76. The monoisotopic (exact) mass is 387 g/mol. The average molecular weight is 388 g/mol. The van der Waals surface area contributed by atoms with Crippen molar-refractivity contribution in [3.05, 3.63) is 76.1 Å². The average Bonchev–Trinajstić information content (AvgIpc) is 3.06. The summed E-state index contributed by atoms with van der Waals surface area (Å²) in [5, 5.41) is 9.70. The predicted octanol–water partition coefficient (Wildman–Crippen LogP) is 4.47. The van der Waals surface area contributed by atoms with Gasteiger partial charge in [-0.3, -0.25) is 9.89 Å². The van der Waals surface area contributed by atoms with Gasteiger partial charge in [-0.1, -0.05) is 28.1 Å². The molecule has 6 heteroatoms. The first-order chi connectivity index (χ1) is 11.5. The Labute approximate surface area is 147 Å². The van der Waals surface area contributed by atoms with E-state index in [-0.39, 0.29) is 17.8 Å². The van der Waals surface area contributed by atoms with Gasteiger partial charge in [-0.15, -0.1) is 0 Å². The molecule has 2 N–H and O–H groups in total. The molecule has 0 aliphatic heterocycles. The quantitative estimate of drug-likeness (QED) is 0.693. The Balaban J connectivity index is 1.80. The number of halogens is 2. The van der Waals surface area contributed by atoms with E-state index in [2.05, 4.69) is 31.4 Å². The molecule has 2 aromatic carbocycles. The van der Waals surface area contributed by atoms with E-state index in [1.54, 1.807) is 12.1 Å². The van der Waals surface area contributed by atoms with E-state index in [0.717, 1.165) is 10.0 Å². The van der Waals surface area contributed by atoms with Crippen LogP contribution in [0.5, 0.6) is 0 Å². The molecule has 0 radical (unpaired) electrons. The summed E-state index contributed by atoms with van der Waals surface area (Å²) in [7, 11) is 0. The highest BCUT2D eigenvalue weighted by molar-refractivity contribution is 9.10. The first-order valence-electron chi connectivity index (χ1n) is 7.40. The number of carbonyl (C=O) groups is 1. The van der Waals surface area contributed by atoms with Gasteiger partial charge in [-0.2, -0.15) is 5.10 Å². The molecule has 1 aromatic heterocycles. The van der Waals surface area contributed by atoms with Gasteiger partial charge >= 0.3 is 0 Å². The molecule has 24 heavy (non-hydrogen) atoms. The lowest BCUT2D eigenvalue weighted by molar-refractivity contribution is 0.0940. The van der Waals surface area contributed by atoms with E-state index in [1.807, 2.05) is 31.2 Å². The van der Waals surface area contributed by atoms with Gasteiger partial charge in [0.2, 0.25) is 0 Å². The van der Waals surface area contributed by atoms with Crippen molar-refractivity contribution in [1.29, 1.82) is 0 Å². The molecule has 0 aliphatic rings. The topological polar surface area (TPSA) is 57.8 Å². The summed E-state index contributed by atoms with van der Waals surface area (Å²) in [4.78, 5) is 12.6. The number of nitrogens with one attached hydrogen (secondary N) is 2. The van der Waals surface area contributed by atoms with Crippen LogP contribution < -0.4 is 5.32 Å². The van der Waals surface area contributed by atoms with Crippen molar-refractivity contribution < 1.29 is 9.18 Å². The highest BCUT2D eigenvalue weighted by Gasteiger charge is 2.17. The van der Waals surface area contributed by atoms with E-state index >= 15 is 0 Å². The molecule has 0 spiro atoms. The number of aromatic nitrogens is 2. The maximum atomic E-state index is 13.1. The van der Waals surface area contributed by atoms with Gasteiger partial charge in [0.25, 0.3) is 5.91 Å².